The summed E-state index contributed by atoms with van der Waals surface area (Å²) >= 11 is 0. The number of rotatable bonds is 5. The molecule has 0 amide bonds. The Balaban J connectivity index is 2.34. The summed E-state index contributed by atoms with van der Waals surface area (Å²) in [6.45, 7) is 6.09. The van der Waals surface area contributed by atoms with Gasteiger partial charge in [0.05, 0.1) is 11.5 Å². The number of piperidine rings is 1. The molecule has 0 aromatic rings. The van der Waals surface area contributed by atoms with Crippen LogP contribution in [-0.2, 0) is 9.84 Å². The SMILES string of the molecule is CC(C)CCS(=O)(=O)CC1CCNCC1. The first kappa shape index (κ1) is 13.0. The van der Waals surface area contributed by atoms with Gasteiger partial charge in [0, 0.05) is 0 Å². The van der Waals surface area contributed by atoms with E-state index in [-0.39, 0.29) is 0 Å². The van der Waals surface area contributed by atoms with Gasteiger partial charge in [-0.2, -0.15) is 0 Å². The lowest BCUT2D eigenvalue weighted by Crippen LogP contribution is -2.32. The van der Waals surface area contributed by atoms with Crippen LogP contribution in [-0.4, -0.2) is 33.0 Å². The maximum absolute atomic E-state index is 11.8. The van der Waals surface area contributed by atoms with Crippen LogP contribution in [0, 0.1) is 11.8 Å². The van der Waals surface area contributed by atoms with E-state index in [1.807, 2.05) is 0 Å². The van der Waals surface area contributed by atoms with Crippen molar-refractivity contribution in [2.24, 2.45) is 11.8 Å². The molecule has 3 nitrogen and oxygen atoms in total. The van der Waals surface area contributed by atoms with Gasteiger partial charge in [-0.15, -0.1) is 0 Å². The third-order valence-corrected chi connectivity index (χ3v) is 4.79. The highest BCUT2D eigenvalue weighted by Gasteiger charge is 2.21. The molecule has 1 fully saturated rings. The molecule has 0 aromatic heterocycles. The lowest BCUT2D eigenvalue weighted by atomic mass is 10.0. The van der Waals surface area contributed by atoms with E-state index >= 15 is 0 Å². The van der Waals surface area contributed by atoms with Crippen LogP contribution in [0.5, 0.6) is 0 Å². The second kappa shape index (κ2) is 5.85. The van der Waals surface area contributed by atoms with Gasteiger partial charge in [-0.05, 0) is 44.2 Å². The highest BCUT2D eigenvalue weighted by atomic mass is 32.2. The van der Waals surface area contributed by atoms with Gasteiger partial charge in [-0.3, -0.25) is 0 Å². The lowest BCUT2D eigenvalue weighted by Gasteiger charge is -2.22. The second-order valence-electron chi connectivity index (χ2n) is 4.99. The van der Waals surface area contributed by atoms with Crippen molar-refractivity contribution in [3.63, 3.8) is 0 Å². The highest BCUT2D eigenvalue weighted by molar-refractivity contribution is 7.91. The van der Waals surface area contributed by atoms with Crippen LogP contribution in [0.3, 0.4) is 0 Å². The van der Waals surface area contributed by atoms with Crippen molar-refractivity contribution >= 4 is 9.84 Å². The molecule has 0 saturated carbocycles. The maximum atomic E-state index is 11.8. The second-order valence-corrected chi connectivity index (χ2v) is 7.22. The Morgan fingerprint density at radius 3 is 2.40 bits per heavy atom. The van der Waals surface area contributed by atoms with Crippen molar-refractivity contribution in [3.05, 3.63) is 0 Å². The van der Waals surface area contributed by atoms with E-state index in [4.69, 9.17) is 0 Å². The van der Waals surface area contributed by atoms with Crippen LogP contribution in [0.4, 0.5) is 0 Å². The molecule has 4 heteroatoms. The summed E-state index contributed by atoms with van der Waals surface area (Å²) in [5, 5.41) is 3.26. The van der Waals surface area contributed by atoms with E-state index in [9.17, 15) is 8.42 Å². The molecule has 1 rings (SSSR count). The predicted octanol–water partition coefficient (Wildman–Crippen LogP) is 1.45. The molecule has 15 heavy (non-hydrogen) atoms. The van der Waals surface area contributed by atoms with Crippen LogP contribution in [0.15, 0.2) is 0 Å². The van der Waals surface area contributed by atoms with Crippen LogP contribution in [0.25, 0.3) is 0 Å². The van der Waals surface area contributed by atoms with Crippen LogP contribution in [0.1, 0.15) is 33.1 Å². The van der Waals surface area contributed by atoms with Crippen molar-refractivity contribution in [2.45, 2.75) is 33.1 Å². The number of hydrogen-bond donors (Lipinski definition) is 1. The third kappa shape index (κ3) is 5.52. The Hall–Kier alpha value is -0.0900. The van der Waals surface area contributed by atoms with Crippen molar-refractivity contribution in [2.75, 3.05) is 24.6 Å². The predicted molar refractivity (Wildman–Crippen MR) is 63.7 cm³/mol. The Bertz CT molecular complexity index is 266. The summed E-state index contributed by atoms with van der Waals surface area (Å²) < 4.78 is 23.6. The van der Waals surface area contributed by atoms with E-state index < -0.39 is 9.84 Å². The number of sulfone groups is 1. The molecule has 1 heterocycles. The van der Waals surface area contributed by atoms with Gasteiger partial charge in [0.2, 0.25) is 0 Å². The van der Waals surface area contributed by atoms with Gasteiger partial charge in [-0.1, -0.05) is 13.8 Å². The van der Waals surface area contributed by atoms with E-state index in [0.29, 0.717) is 23.3 Å². The van der Waals surface area contributed by atoms with E-state index in [1.54, 1.807) is 0 Å². The molecule has 90 valence electrons. The zero-order valence-corrected chi connectivity index (χ0v) is 10.6. The van der Waals surface area contributed by atoms with E-state index in [1.165, 1.54) is 0 Å². The minimum Gasteiger partial charge on any atom is -0.317 e. The zero-order chi connectivity index (χ0) is 11.3. The maximum Gasteiger partial charge on any atom is 0.150 e. The Morgan fingerprint density at radius 2 is 1.87 bits per heavy atom. The third-order valence-electron chi connectivity index (χ3n) is 2.95. The molecule has 0 aromatic carbocycles. The minimum absolute atomic E-state index is 0.370. The summed E-state index contributed by atoms with van der Waals surface area (Å²) in [5.41, 5.74) is 0. The Morgan fingerprint density at radius 1 is 1.27 bits per heavy atom. The van der Waals surface area contributed by atoms with E-state index in [0.717, 1.165) is 32.4 Å². The molecule has 0 unspecified atom stereocenters. The first-order chi connectivity index (χ1) is 6.99. The molecule has 1 N–H and O–H groups in total. The Labute approximate surface area is 93.6 Å². The average molecular weight is 233 g/mol. The fourth-order valence-corrected chi connectivity index (χ4v) is 3.95. The highest BCUT2D eigenvalue weighted by Crippen LogP contribution is 2.15. The van der Waals surface area contributed by atoms with Gasteiger partial charge in [0.15, 0.2) is 9.84 Å². The summed E-state index contributed by atoms with van der Waals surface area (Å²) in [5.74, 6) is 1.65. The molecule has 0 bridgehead atoms. The van der Waals surface area contributed by atoms with Crippen molar-refractivity contribution in [1.82, 2.24) is 5.32 Å². The topological polar surface area (TPSA) is 46.2 Å². The number of nitrogens with one attached hydrogen (secondary N) is 1. The largest absolute Gasteiger partial charge is 0.317 e. The molecule has 0 aliphatic carbocycles. The molecule has 1 saturated heterocycles. The van der Waals surface area contributed by atoms with Crippen molar-refractivity contribution in [3.8, 4) is 0 Å². The van der Waals surface area contributed by atoms with Gasteiger partial charge < -0.3 is 5.32 Å². The molecule has 0 spiro atoms. The van der Waals surface area contributed by atoms with Gasteiger partial charge >= 0.3 is 0 Å². The Kier molecular flexibility index (Phi) is 5.06. The summed E-state index contributed by atoms with van der Waals surface area (Å²) in [6, 6.07) is 0. The average Bonchev–Trinajstić information content (AvgIpc) is 2.16. The first-order valence-electron chi connectivity index (χ1n) is 5.91. The number of hydrogen-bond acceptors (Lipinski definition) is 3. The molecule has 1 aliphatic heterocycles. The zero-order valence-electron chi connectivity index (χ0n) is 9.83. The quantitative estimate of drug-likeness (QED) is 0.782. The first-order valence-corrected chi connectivity index (χ1v) is 7.73. The van der Waals surface area contributed by atoms with Crippen LogP contribution in [0.2, 0.25) is 0 Å². The van der Waals surface area contributed by atoms with Gasteiger partial charge in [0.25, 0.3) is 0 Å². The normalized spacial score (nSPS) is 19.7. The lowest BCUT2D eigenvalue weighted by molar-refractivity contribution is 0.401. The minimum atomic E-state index is -2.80. The summed E-state index contributed by atoms with van der Waals surface area (Å²) in [6.07, 6.45) is 2.83. The molecule has 1 aliphatic rings. The fourth-order valence-electron chi connectivity index (χ4n) is 1.91. The molecular formula is C11H23NO2S. The van der Waals surface area contributed by atoms with Gasteiger partial charge in [-0.25, -0.2) is 8.42 Å². The molecular weight excluding hydrogens is 210 g/mol. The van der Waals surface area contributed by atoms with E-state index in [2.05, 4.69) is 19.2 Å². The van der Waals surface area contributed by atoms with Crippen molar-refractivity contribution < 1.29 is 8.42 Å². The molecule has 0 radical (unpaired) electrons. The summed E-state index contributed by atoms with van der Waals surface area (Å²) in [4.78, 5) is 0. The standard InChI is InChI=1S/C11H23NO2S/c1-10(2)5-8-15(13,14)9-11-3-6-12-7-4-11/h10-12H,3-9H2,1-2H3. The summed E-state index contributed by atoms with van der Waals surface area (Å²) in [7, 11) is -2.80. The smallest absolute Gasteiger partial charge is 0.150 e. The fraction of sp³-hybridized carbons (Fsp3) is 1.00. The van der Waals surface area contributed by atoms with Gasteiger partial charge in [0.1, 0.15) is 0 Å². The monoisotopic (exact) mass is 233 g/mol. The molecule has 0 atom stereocenters. The van der Waals surface area contributed by atoms with Crippen LogP contribution >= 0.6 is 0 Å². The van der Waals surface area contributed by atoms with Crippen LogP contribution < -0.4 is 5.32 Å². The van der Waals surface area contributed by atoms with Crippen molar-refractivity contribution in [1.29, 1.82) is 0 Å².